The maximum absolute atomic E-state index is 13.0. The van der Waals surface area contributed by atoms with E-state index in [-0.39, 0.29) is 29.0 Å². The normalized spacial score (nSPS) is 18.9. The van der Waals surface area contributed by atoms with Gasteiger partial charge in [0.25, 0.3) is 0 Å². The second kappa shape index (κ2) is 8.30. The largest absolute Gasteiger partial charge is 0.508 e. The number of hydrogen-bond donors (Lipinski definition) is 3. The van der Waals surface area contributed by atoms with E-state index in [1.807, 2.05) is 13.0 Å². The van der Waals surface area contributed by atoms with Gasteiger partial charge in [-0.05, 0) is 48.9 Å². The second-order valence-corrected chi connectivity index (χ2v) is 7.48. The van der Waals surface area contributed by atoms with Crippen LogP contribution in [0.15, 0.2) is 36.7 Å². The van der Waals surface area contributed by atoms with Crippen LogP contribution in [-0.2, 0) is 9.59 Å². The van der Waals surface area contributed by atoms with E-state index < -0.39 is 17.7 Å². The molecule has 1 aromatic carbocycles. The van der Waals surface area contributed by atoms with Crippen LogP contribution in [0.5, 0.6) is 5.75 Å². The van der Waals surface area contributed by atoms with Crippen LogP contribution in [0.2, 0.25) is 0 Å². The summed E-state index contributed by atoms with van der Waals surface area (Å²) in [5.74, 6) is -1.68. The Morgan fingerprint density at radius 2 is 1.97 bits per heavy atom. The zero-order valence-corrected chi connectivity index (χ0v) is 16.4. The highest BCUT2D eigenvalue weighted by molar-refractivity contribution is 6.39. The van der Waals surface area contributed by atoms with Gasteiger partial charge in [0, 0.05) is 12.7 Å². The van der Waals surface area contributed by atoms with Gasteiger partial charge >= 0.3 is 11.8 Å². The average molecular weight is 396 g/mol. The van der Waals surface area contributed by atoms with Gasteiger partial charge in [0.15, 0.2) is 0 Å². The number of phenolic OH excluding ortho intramolecular Hbond substituents is 1. The molecule has 0 saturated carbocycles. The number of pyridine rings is 1. The highest BCUT2D eigenvalue weighted by Gasteiger charge is 2.34. The number of nitrogens with two attached hydrogens (primary N) is 1. The van der Waals surface area contributed by atoms with Crippen LogP contribution < -0.4 is 11.1 Å². The van der Waals surface area contributed by atoms with Crippen molar-refractivity contribution in [2.45, 2.75) is 32.7 Å². The molecule has 2 atom stereocenters. The van der Waals surface area contributed by atoms with Gasteiger partial charge in [0.2, 0.25) is 5.91 Å². The Kier molecular flexibility index (Phi) is 5.81. The molecule has 3 rings (SSSR count). The summed E-state index contributed by atoms with van der Waals surface area (Å²) in [6.45, 7) is 4.29. The summed E-state index contributed by atoms with van der Waals surface area (Å²) in [5.41, 5.74) is 7.18. The molecular formula is C21H24N4O4. The van der Waals surface area contributed by atoms with E-state index in [1.165, 1.54) is 18.5 Å². The Bertz CT molecular complexity index is 959. The van der Waals surface area contributed by atoms with Gasteiger partial charge in [-0.25, -0.2) is 0 Å². The van der Waals surface area contributed by atoms with Crippen molar-refractivity contribution < 1.29 is 19.5 Å². The molecule has 1 aliphatic rings. The van der Waals surface area contributed by atoms with Gasteiger partial charge in [0.05, 0.1) is 23.5 Å². The number of hydrogen-bond acceptors (Lipinski definition) is 5. The van der Waals surface area contributed by atoms with Crippen molar-refractivity contribution in [3.05, 3.63) is 53.3 Å². The van der Waals surface area contributed by atoms with E-state index in [0.717, 1.165) is 18.4 Å². The molecule has 8 heteroatoms. The Hall–Kier alpha value is -3.42. The molecule has 1 saturated heterocycles. The minimum absolute atomic E-state index is 0.138. The lowest BCUT2D eigenvalue weighted by Crippen LogP contribution is -2.46. The summed E-state index contributed by atoms with van der Waals surface area (Å²) in [5, 5.41) is 12.3. The van der Waals surface area contributed by atoms with Crippen molar-refractivity contribution in [3.8, 4) is 5.75 Å². The number of amides is 3. The first-order valence-corrected chi connectivity index (χ1v) is 9.42. The molecule has 0 aliphatic carbocycles. The maximum Gasteiger partial charge on any atom is 0.313 e. The van der Waals surface area contributed by atoms with Crippen LogP contribution in [-0.4, -0.2) is 39.3 Å². The average Bonchev–Trinajstić information content (AvgIpc) is 2.69. The summed E-state index contributed by atoms with van der Waals surface area (Å²) in [6, 6.07) is 6.35. The quantitative estimate of drug-likeness (QED) is 0.685. The number of anilines is 1. The van der Waals surface area contributed by atoms with Crippen LogP contribution in [0.25, 0.3) is 0 Å². The molecule has 8 nitrogen and oxygen atoms in total. The van der Waals surface area contributed by atoms with Crippen LogP contribution in [0.1, 0.15) is 47.3 Å². The van der Waals surface area contributed by atoms with E-state index >= 15 is 0 Å². The van der Waals surface area contributed by atoms with Crippen LogP contribution in [0.3, 0.4) is 0 Å². The van der Waals surface area contributed by atoms with Crippen molar-refractivity contribution in [3.63, 3.8) is 0 Å². The number of piperidine rings is 1. The molecule has 3 amide bonds. The van der Waals surface area contributed by atoms with E-state index in [4.69, 9.17) is 5.73 Å². The fraction of sp³-hybridized carbons (Fsp3) is 0.333. The number of rotatable bonds is 3. The molecule has 29 heavy (non-hydrogen) atoms. The standard InChI is InChI=1S/C21H24N4O4/c1-12-3-5-17(14-4-6-18(26)13(2)7-14)25(11-12)21(29)20(28)24-16-8-15(19(22)27)9-23-10-16/h4,6-10,12,17,26H,3,5,11H2,1-2H3,(H2,22,27)(H,24,28). The number of benzene rings is 1. The van der Waals surface area contributed by atoms with Crippen molar-refractivity contribution in [2.24, 2.45) is 11.7 Å². The molecule has 152 valence electrons. The number of phenols is 1. The van der Waals surface area contributed by atoms with Gasteiger partial charge < -0.3 is 21.1 Å². The minimum Gasteiger partial charge on any atom is -0.508 e. The van der Waals surface area contributed by atoms with Gasteiger partial charge in [0.1, 0.15) is 5.75 Å². The molecule has 0 radical (unpaired) electrons. The van der Waals surface area contributed by atoms with E-state index in [1.54, 1.807) is 24.0 Å². The molecule has 0 bridgehead atoms. The van der Waals surface area contributed by atoms with Gasteiger partial charge in [-0.3, -0.25) is 19.4 Å². The number of aromatic nitrogens is 1. The number of primary amides is 1. The van der Waals surface area contributed by atoms with Gasteiger partial charge in [-0.15, -0.1) is 0 Å². The molecule has 1 fully saturated rings. The number of nitrogens with one attached hydrogen (secondary N) is 1. The zero-order chi connectivity index (χ0) is 21.1. The molecule has 2 unspecified atom stereocenters. The van der Waals surface area contributed by atoms with E-state index in [2.05, 4.69) is 10.3 Å². The Balaban J connectivity index is 1.81. The SMILES string of the molecule is Cc1cc(C2CCC(C)CN2C(=O)C(=O)Nc2cncc(C(N)=O)c2)ccc1O. The summed E-state index contributed by atoms with van der Waals surface area (Å²) in [4.78, 5) is 42.3. The van der Waals surface area contributed by atoms with Crippen molar-refractivity contribution in [1.29, 1.82) is 0 Å². The second-order valence-electron chi connectivity index (χ2n) is 7.48. The highest BCUT2D eigenvalue weighted by Crippen LogP contribution is 2.35. The van der Waals surface area contributed by atoms with Gasteiger partial charge in [-0.1, -0.05) is 19.1 Å². The number of carbonyl (C=O) groups excluding carboxylic acids is 3. The summed E-state index contributed by atoms with van der Waals surface area (Å²) in [7, 11) is 0. The van der Waals surface area contributed by atoms with Gasteiger partial charge in [-0.2, -0.15) is 0 Å². The van der Waals surface area contributed by atoms with Crippen molar-refractivity contribution in [2.75, 3.05) is 11.9 Å². The first kappa shape index (κ1) is 20.3. The summed E-state index contributed by atoms with van der Waals surface area (Å²) >= 11 is 0. The zero-order valence-electron chi connectivity index (χ0n) is 16.4. The number of nitrogens with zero attached hydrogens (tertiary/aromatic N) is 2. The first-order valence-electron chi connectivity index (χ1n) is 9.42. The molecule has 2 heterocycles. The third kappa shape index (κ3) is 4.53. The lowest BCUT2D eigenvalue weighted by atomic mass is 9.89. The van der Waals surface area contributed by atoms with E-state index in [9.17, 15) is 19.5 Å². The number of aryl methyl sites for hydroxylation is 1. The Morgan fingerprint density at radius 3 is 2.66 bits per heavy atom. The topological polar surface area (TPSA) is 126 Å². The molecule has 0 spiro atoms. The number of likely N-dealkylation sites (tertiary alicyclic amines) is 1. The molecule has 1 aromatic heterocycles. The van der Waals surface area contributed by atoms with Crippen LogP contribution >= 0.6 is 0 Å². The summed E-state index contributed by atoms with van der Waals surface area (Å²) in [6.07, 6.45) is 4.29. The lowest BCUT2D eigenvalue weighted by molar-refractivity contribution is -0.146. The summed E-state index contributed by atoms with van der Waals surface area (Å²) < 4.78 is 0. The van der Waals surface area contributed by atoms with E-state index in [0.29, 0.717) is 12.1 Å². The monoisotopic (exact) mass is 396 g/mol. The third-order valence-corrected chi connectivity index (χ3v) is 5.16. The smallest absolute Gasteiger partial charge is 0.313 e. The molecule has 1 aliphatic heterocycles. The Labute approximate surface area is 168 Å². The first-order chi connectivity index (χ1) is 13.8. The van der Waals surface area contributed by atoms with Crippen LogP contribution in [0.4, 0.5) is 5.69 Å². The minimum atomic E-state index is -0.803. The fourth-order valence-corrected chi connectivity index (χ4v) is 3.57. The molecular weight excluding hydrogens is 372 g/mol. The lowest BCUT2D eigenvalue weighted by Gasteiger charge is -2.38. The van der Waals surface area contributed by atoms with Crippen LogP contribution in [0, 0.1) is 12.8 Å². The highest BCUT2D eigenvalue weighted by atomic mass is 16.3. The number of carbonyl (C=O) groups is 3. The predicted molar refractivity (Wildman–Crippen MR) is 107 cm³/mol. The number of aromatic hydroxyl groups is 1. The van der Waals surface area contributed by atoms with Crippen molar-refractivity contribution >= 4 is 23.4 Å². The van der Waals surface area contributed by atoms with Crippen molar-refractivity contribution in [1.82, 2.24) is 9.88 Å². The Morgan fingerprint density at radius 1 is 1.21 bits per heavy atom. The fourth-order valence-electron chi connectivity index (χ4n) is 3.57. The predicted octanol–water partition coefficient (Wildman–Crippen LogP) is 2.13. The maximum atomic E-state index is 13.0. The third-order valence-electron chi connectivity index (χ3n) is 5.16. The molecule has 4 N–H and O–H groups in total. The molecule has 2 aromatic rings.